The number of pyridine rings is 2. The second kappa shape index (κ2) is 20.2. The van der Waals surface area contributed by atoms with E-state index in [0.29, 0.717) is 18.6 Å². The largest absolute Gasteiger partial charge is 0.871 e. The lowest BCUT2D eigenvalue weighted by Gasteiger charge is -2.37. The van der Waals surface area contributed by atoms with Gasteiger partial charge in [-0.3, -0.25) is 9.68 Å². The molecule has 0 unspecified atom stereocenters. The molecule has 2 aliphatic carbocycles. The van der Waals surface area contributed by atoms with Crippen LogP contribution in [0.25, 0.3) is 0 Å². The number of nitrogens with zero attached hydrogens (tertiary/aromatic N) is 2. The third-order valence-electron chi connectivity index (χ3n) is 9.27. The monoisotopic (exact) mass is 672 g/mol. The van der Waals surface area contributed by atoms with Crippen LogP contribution in [0.3, 0.4) is 0 Å². The molecule has 2 heterocycles. The van der Waals surface area contributed by atoms with E-state index >= 15 is 0 Å². The first-order chi connectivity index (χ1) is 24.6. The van der Waals surface area contributed by atoms with Crippen molar-refractivity contribution in [1.29, 1.82) is 0 Å². The average molecular weight is 673 g/mol. The molecular formula is C42H49BN2O5. The first-order valence-electron chi connectivity index (χ1n) is 18.0. The lowest BCUT2D eigenvalue weighted by Crippen LogP contribution is -2.48. The molecule has 2 fully saturated rings. The van der Waals surface area contributed by atoms with Crippen LogP contribution in [0.5, 0.6) is 0 Å². The topological polar surface area (TPSA) is 81.6 Å². The van der Waals surface area contributed by atoms with E-state index in [1.165, 1.54) is 68.1 Å². The molecule has 0 saturated heterocycles. The van der Waals surface area contributed by atoms with Gasteiger partial charge in [-0.25, -0.2) is 0 Å². The number of rotatable bonds is 12. The molecule has 0 spiro atoms. The molecule has 260 valence electrons. The van der Waals surface area contributed by atoms with E-state index in [1.807, 2.05) is 116 Å². The van der Waals surface area contributed by atoms with Crippen molar-refractivity contribution >= 4 is 7.32 Å². The van der Waals surface area contributed by atoms with Gasteiger partial charge in [0.15, 0.2) is 12.2 Å². The van der Waals surface area contributed by atoms with Crippen LogP contribution in [0.2, 0.25) is 0 Å². The fourth-order valence-electron chi connectivity index (χ4n) is 6.86. The first-order valence-corrected chi connectivity index (χ1v) is 18.0. The summed E-state index contributed by atoms with van der Waals surface area (Å²) in [7, 11) is -2.23. The molecule has 0 radical (unpaired) electrons. The second-order valence-corrected chi connectivity index (χ2v) is 12.8. The van der Waals surface area contributed by atoms with Crippen LogP contribution in [0.15, 0.2) is 152 Å². The van der Waals surface area contributed by atoms with Crippen molar-refractivity contribution < 1.29 is 33.8 Å². The van der Waals surface area contributed by atoms with Crippen molar-refractivity contribution in [3.8, 4) is 0 Å². The van der Waals surface area contributed by atoms with Crippen molar-refractivity contribution in [3.63, 3.8) is 0 Å². The Morgan fingerprint density at radius 2 is 0.860 bits per heavy atom. The number of benzene rings is 3. The van der Waals surface area contributed by atoms with E-state index in [9.17, 15) is 10.0 Å². The van der Waals surface area contributed by atoms with Crippen molar-refractivity contribution in [3.05, 3.63) is 169 Å². The normalized spacial score (nSPS) is 14.5. The smallest absolute Gasteiger partial charge is 0.222 e. The molecule has 0 N–H and O–H groups in total. The van der Waals surface area contributed by atoms with E-state index in [4.69, 9.17) is 14.3 Å². The summed E-state index contributed by atoms with van der Waals surface area (Å²) in [5.41, 5.74) is 3.17. The Balaban J connectivity index is 0.000000167. The molecule has 50 heavy (non-hydrogen) atoms. The molecule has 8 heteroatoms. The number of aromatic nitrogens is 2. The third kappa shape index (κ3) is 11.3. The van der Waals surface area contributed by atoms with Gasteiger partial charge in [0, 0.05) is 45.7 Å². The van der Waals surface area contributed by atoms with Gasteiger partial charge in [0.2, 0.25) is 24.8 Å². The Hall–Kier alpha value is -4.50. The van der Waals surface area contributed by atoms with E-state index in [-0.39, 0.29) is 12.0 Å². The molecule has 7 nitrogen and oxygen atoms in total. The van der Waals surface area contributed by atoms with Gasteiger partial charge in [-0.15, -0.1) is 0 Å². The van der Waals surface area contributed by atoms with Gasteiger partial charge in [-0.1, -0.05) is 103 Å². The Labute approximate surface area is 297 Å². The van der Waals surface area contributed by atoms with Crippen molar-refractivity contribution in [2.24, 2.45) is 0 Å². The number of hydrogen-bond donors (Lipinski definition) is 0. The molecule has 7 rings (SSSR count). The van der Waals surface area contributed by atoms with E-state index < -0.39 is 7.32 Å². The molecule has 0 amide bonds. The van der Waals surface area contributed by atoms with Crippen LogP contribution < -0.4 is 29.2 Å². The van der Waals surface area contributed by atoms with Gasteiger partial charge in [0.25, 0.3) is 0 Å². The van der Waals surface area contributed by atoms with Gasteiger partial charge in [0.05, 0.1) is 7.32 Å². The lowest BCUT2D eigenvalue weighted by atomic mass is 9.67. The van der Waals surface area contributed by atoms with Crippen LogP contribution in [0, 0.1) is 0 Å². The van der Waals surface area contributed by atoms with E-state index in [0.717, 1.165) is 6.42 Å². The maximum Gasteiger partial charge on any atom is 0.222 e. The summed E-state index contributed by atoms with van der Waals surface area (Å²) in [5, 5.41) is 21.4. The predicted octanol–water partition coefficient (Wildman–Crippen LogP) is 5.21. The highest BCUT2D eigenvalue weighted by Crippen LogP contribution is 2.43. The van der Waals surface area contributed by atoms with Gasteiger partial charge < -0.3 is 14.7 Å². The fourth-order valence-corrected chi connectivity index (χ4v) is 6.86. The summed E-state index contributed by atoms with van der Waals surface area (Å²) < 4.78 is 8.34. The average Bonchev–Trinajstić information content (AvgIpc) is 3.89. The third-order valence-corrected chi connectivity index (χ3v) is 9.27. The second-order valence-electron chi connectivity index (χ2n) is 12.8. The first kappa shape index (κ1) is 36.8. The van der Waals surface area contributed by atoms with E-state index in [2.05, 4.69) is 36.4 Å². The highest BCUT2D eigenvalue weighted by atomic mass is 16.7. The van der Waals surface area contributed by atoms with Crippen molar-refractivity contribution in [1.82, 2.24) is 0 Å². The Bertz CT molecular complexity index is 1440. The van der Waals surface area contributed by atoms with Crippen LogP contribution in [0.4, 0.5) is 0 Å². The number of hydrogen-bond acceptors (Lipinski definition) is 5. The summed E-state index contributed by atoms with van der Waals surface area (Å²) in [6, 6.07) is 42.9. The van der Waals surface area contributed by atoms with Crippen LogP contribution in [-0.2, 0) is 10.1 Å². The minimum Gasteiger partial charge on any atom is -0.871 e. The highest BCUT2D eigenvalue weighted by Gasteiger charge is 2.35. The molecule has 2 saturated carbocycles. The minimum atomic E-state index is -2.23. The minimum absolute atomic E-state index is 0.159. The SMILES string of the molecule is [O-]B([O-])OCCCC(c1ccccc1)(c1ccccc1)c1ccccc1.c1cc[n+](OC2CCCC2)cc1.c1cc[n+](OC2CCCC2)cc1. The van der Waals surface area contributed by atoms with Crippen LogP contribution in [0.1, 0.15) is 80.9 Å². The van der Waals surface area contributed by atoms with Gasteiger partial charge in [-0.05, 0) is 80.9 Å². The Morgan fingerprint density at radius 1 is 0.520 bits per heavy atom. The quantitative estimate of drug-likeness (QED) is 0.0787. The van der Waals surface area contributed by atoms with Gasteiger partial charge >= 0.3 is 0 Å². The molecule has 3 aromatic carbocycles. The lowest BCUT2D eigenvalue weighted by molar-refractivity contribution is -0.898. The Kier molecular flexibility index (Phi) is 14.9. The van der Waals surface area contributed by atoms with Crippen LogP contribution >= 0.6 is 0 Å². The maximum absolute atomic E-state index is 10.7. The van der Waals surface area contributed by atoms with Crippen LogP contribution in [-0.4, -0.2) is 26.1 Å². The summed E-state index contributed by atoms with van der Waals surface area (Å²) in [5.74, 6) is 0. The molecule has 2 aliphatic rings. The van der Waals surface area contributed by atoms with E-state index in [1.54, 1.807) is 9.46 Å². The predicted molar refractivity (Wildman–Crippen MR) is 191 cm³/mol. The summed E-state index contributed by atoms with van der Waals surface area (Å²) in [4.78, 5) is 11.4. The summed E-state index contributed by atoms with van der Waals surface area (Å²) in [6.45, 7) is 0.159. The highest BCUT2D eigenvalue weighted by molar-refractivity contribution is 6.28. The summed E-state index contributed by atoms with van der Waals surface area (Å²) in [6.07, 6.45) is 20.1. The molecule has 2 aromatic heterocycles. The van der Waals surface area contributed by atoms with Gasteiger partial charge in [-0.2, -0.15) is 0 Å². The fraction of sp³-hybridized carbons (Fsp3) is 0.333. The maximum atomic E-state index is 10.7. The molecule has 0 aliphatic heterocycles. The summed E-state index contributed by atoms with van der Waals surface area (Å²) >= 11 is 0. The molecule has 5 aromatic rings. The standard InChI is InChI=1S/C22H21BO3.2C10H14NO/c24-23(25)26-18-10-17-22(19-11-4-1-5-12-19,20-13-6-2-7-14-20)21-15-8-3-9-16-21;2*1-4-8-11(9-5-1)12-10-6-2-3-7-10/h1-9,11-16H,10,17-18H2;2*1,4-5,8-10H,2-3,6-7H2/q-2;2*+1. The van der Waals surface area contributed by atoms with Crippen molar-refractivity contribution in [2.75, 3.05) is 6.61 Å². The van der Waals surface area contributed by atoms with Crippen molar-refractivity contribution in [2.45, 2.75) is 81.8 Å². The zero-order valence-corrected chi connectivity index (χ0v) is 28.9. The molecular weight excluding hydrogens is 623 g/mol. The zero-order valence-electron chi connectivity index (χ0n) is 28.9. The molecule has 0 bridgehead atoms. The van der Waals surface area contributed by atoms with Gasteiger partial charge in [0.1, 0.15) is 0 Å². The molecule has 0 atom stereocenters. The Morgan fingerprint density at radius 3 is 1.20 bits per heavy atom. The zero-order chi connectivity index (χ0) is 34.7.